The molecule has 0 aliphatic heterocycles. The summed E-state index contributed by atoms with van der Waals surface area (Å²) >= 11 is 0. The second kappa shape index (κ2) is 9.33. The van der Waals surface area contributed by atoms with E-state index >= 15 is 0 Å². The molecule has 0 aromatic rings. The molecule has 1 amide bonds. The quantitative estimate of drug-likeness (QED) is 0.610. The Bertz CT molecular complexity index is 214. The highest BCUT2D eigenvalue weighted by molar-refractivity contribution is 5.84. The van der Waals surface area contributed by atoms with Crippen LogP contribution >= 0.6 is 0 Å². The van der Waals surface area contributed by atoms with Crippen LogP contribution in [0.5, 0.6) is 0 Å². The number of nitrogens with one attached hydrogen (secondary N) is 1. The lowest BCUT2D eigenvalue weighted by Gasteiger charge is -2.07. The molecule has 1 N–H and O–H groups in total. The Morgan fingerprint density at radius 3 is 2.50 bits per heavy atom. The number of hydrogen-bond donors (Lipinski definition) is 1. The second-order valence-corrected chi connectivity index (χ2v) is 4.21. The standard InChI is InChI=1S/C12H23NO3/c1-4-11(14)5-6-12(15)13-7-8-16-9-10(2)3/h10H,4-9H2,1-3H3,(H,13,15). The lowest BCUT2D eigenvalue weighted by Crippen LogP contribution is -2.27. The molecule has 0 aromatic carbocycles. The molecule has 0 fully saturated rings. The molecule has 4 nitrogen and oxygen atoms in total. The van der Waals surface area contributed by atoms with Crippen LogP contribution in [0.1, 0.15) is 40.0 Å². The lowest BCUT2D eigenvalue weighted by molar-refractivity contribution is -0.125. The molecule has 0 aliphatic rings. The maximum atomic E-state index is 11.2. The van der Waals surface area contributed by atoms with Crippen LogP contribution in [0.15, 0.2) is 0 Å². The summed E-state index contributed by atoms with van der Waals surface area (Å²) in [5.41, 5.74) is 0. The fourth-order valence-electron chi connectivity index (χ4n) is 1.10. The molecule has 0 bridgehead atoms. The van der Waals surface area contributed by atoms with E-state index in [1.807, 2.05) is 0 Å². The molecule has 0 aromatic heterocycles. The highest BCUT2D eigenvalue weighted by Crippen LogP contribution is 1.94. The zero-order valence-electron chi connectivity index (χ0n) is 10.5. The number of rotatable bonds is 9. The Labute approximate surface area is 97.7 Å². The highest BCUT2D eigenvalue weighted by atomic mass is 16.5. The Balaban J connectivity index is 3.34. The number of ether oxygens (including phenoxy) is 1. The average Bonchev–Trinajstić information content (AvgIpc) is 2.24. The zero-order valence-corrected chi connectivity index (χ0v) is 10.5. The molecule has 0 rings (SSSR count). The van der Waals surface area contributed by atoms with Gasteiger partial charge in [-0.05, 0) is 5.92 Å². The minimum Gasteiger partial charge on any atom is -0.379 e. The number of amides is 1. The van der Waals surface area contributed by atoms with Crippen molar-refractivity contribution < 1.29 is 14.3 Å². The summed E-state index contributed by atoms with van der Waals surface area (Å²) in [4.78, 5) is 22.2. The van der Waals surface area contributed by atoms with Crippen molar-refractivity contribution >= 4 is 11.7 Å². The molecule has 0 saturated heterocycles. The highest BCUT2D eigenvalue weighted by Gasteiger charge is 2.04. The Hall–Kier alpha value is -0.900. The monoisotopic (exact) mass is 229 g/mol. The van der Waals surface area contributed by atoms with E-state index < -0.39 is 0 Å². The van der Waals surface area contributed by atoms with Gasteiger partial charge >= 0.3 is 0 Å². The van der Waals surface area contributed by atoms with Gasteiger partial charge in [0.1, 0.15) is 5.78 Å². The van der Waals surface area contributed by atoms with Crippen molar-refractivity contribution in [1.29, 1.82) is 0 Å². The van der Waals surface area contributed by atoms with E-state index in [0.29, 0.717) is 38.5 Å². The average molecular weight is 229 g/mol. The summed E-state index contributed by atoms with van der Waals surface area (Å²) in [6.07, 6.45) is 1.14. The van der Waals surface area contributed by atoms with Gasteiger partial charge in [-0.3, -0.25) is 9.59 Å². The first-order valence-corrected chi connectivity index (χ1v) is 5.92. The predicted octanol–water partition coefficient (Wildman–Crippen LogP) is 1.53. The van der Waals surface area contributed by atoms with Crippen LogP contribution in [0.3, 0.4) is 0 Å². The molecule has 0 spiro atoms. The van der Waals surface area contributed by atoms with Gasteiger partial charge < -0.3 is 10.1 Å². The number of Topliss-reactive ketones (excluding diaryl/α,β-unsaturated/α-hetero) is 1. The van der Waals surface area contributed by atoms with E-state index in [1.165, 1.54) is 0 Å². The third-order valence-corrected chi connectivity index (χ3v) is 2.04. The van der Waals surface area contributed by atoms with Crippen LogP contribution in [0.25, 0.3) is 0 Å². The van der Waals surface area contributed by atoms with Crippen molar-refractivity contribution in [2.24, 2.45) is 5.92 Å². The van der Waals surface area contributed by atoms with Gasteiger partial charge in [-0.25, -0.2) is 0 Å². The largest absolute Gasteiger partial charge is 0.379 e. The minimum atomic E-state index is -0.0741. The van der Waals surface area contributed by atoms with Gasteiger partial charge in [-0.2, -0.15) is 0 Å². The summed E-state index contributed by atoms with van der Waals surface area (Å²) in [6, 6.07) is 0. The first kappa shape index (κ1) is 15.1. The van der Waals surface area contributed by atoms with E-state index in [-0.39, 0.29) is 18.1 Å². The van der Waals surface area contributed by atoms with Gasteiger partial charge in [0.15, 0.2) is 0 Å². The second-order valence-electron chi connectivity index (χ2n) is 4.21. The summed E-state index contributed by atoms with van der Waals surface area (Å²) in [5.74, 6) is 0.569. The van der Waals surface area contributed by atoms with Crippen molar-refractivity contribution in [3.63, 3.8) is 0 Å². The van der Waals surface area contributed by atoms with E-state index in [4.69, 9.17) is 4.74 Å². The number of ketones is 1. The van der Waals surface area contributed by atoms with Crippen LogP contribution in [0, 0.1) is 5.92 Å². The first-order valence-electron chi connectivity index (χ1n) is 5.92. The van der Waals surface area contributed by atoms with E-state index in [0.717, 1.165) is 0 Å². The number of hydrogen-bond acceptors (Lipinski definition) is 3. The molecule has 0 aliphatic carbocycles. The number of carbonyl (C=O) groups excluding carboxylic acids is 2. The fourth-order valence-corrected chi connectivity index (χ4v) is 1.10. The maximum Gasteiger partial charge on any atom is 0.220 e. The lowest BCUT2D eigenvalue weighted by atomic mass is 10.2. The zero-order chi connectivity index (χ0) is 12.4. The summed E-state index contributed by atoms with van der Waals surface area (Å²) in [7, 11) is 0. The molecular weight excluding hydrogens is 206 g/mol. The fraction of sp³-hybridized carbons (Fsp3) is 0.833. The summed E-state index contributed by atoms with van der Waals surface area (Å²) in [5, 5.41) is 2.72. The van der Waals surface area contributed by atoms with Crippen molar-refractivity contribution in [2.45, 2.75) is 40.0 Å². The molecule has 0 saturated carbocycles. The van der Waals surface area contributed by atoms with Crippen molar-refractivity contribution in [2.75, 3.05) is 19.8 Å². The van der Waals surface area contributed by atoms with Crippen LogP contribution in [0.2, 0.25) is 0 Å². The molecule has 0 atom stereocenters. The topological polar surface area (TPSA) is 55.4 Å². The summed E-state index contributed by atoms with van der Waals surface area (Å²) < 4.78 is 5.31. The Morgan fingerprint density at radius 1 is 1.25 bits per heavy atom. The molecular formula is C12H23NO3. The molecule has 0 heterocycles. The van der Waals surface area contributed by atoms with Gasteiger partial charge in [0.05, 0.1) is 6.61 Å². The van der Waals surface area contributed by atoms with Crippen molar-refractivity contribution in [1.82, 2.24) is 5.32 Å². The van der Waals surface area contributed by atoms with Crippen molar-refractivity contribution in [3.05, 3.63) is 0 Å². The maximum absolute atomic E-state index is 11.2. The number of carbonyl (C=O) groups is 2. The van der Waals surface area contributed by atoms with Gasteiger partial charge in [0.2, 0.25) is 5.91 Å². The Kier molecular flexibility index (Phi) is 8.81. The smallest absolute Gasteiger partial charge is 0.220 e. The van der Waals surface area contributed by atoms with E-state index in [2.05, 4.69) is 19.2 Å². The summed E-state index contributed by atoms with van der Waals surface area (Å²) in [6.45, 7) is 7.73. The molecule has 16 heavy (non-hydrogen) atoms. The normalized spacial score (nSPS) is 10.5. The molecule has 0 unspecified atom stereocenters. The SMILES string of the molecule is CCC(=O)CCC(=O)NCCOCC(C)C. The third kappa shape index (κ3) is 9.65. The van der Waals surface area contributed by atoms with Crippen LogP contribution in [-0.2, 0) is 14.3 Å². The van der Waals surface area contributed by atoms with E-state index in [1.54, 1.807) is 6.92 Å². The van der Waals surface area contributed by atoms with Crippen molar-refractivity contribution in [3.8, 4) is 0 Å². The van der Waals surface area contributed by atoms with E-state index in [9.17, 15) is 9.59 Å². The molecule has 94 valence electrons. The van der Waals surface area contributed by atoms with Gasteiger partial charge in [0.25, 0.3) is 0 Å². The van der Waals surface area contributed by atoms with Crippen LogP contribution < -0.4 is 5.32 Å². The molecule has 4 heteroatoms. The van der Waals surface area contributed by atoms with Gasteiger partial charge in [-0.15, -0.1) is 0 Å². The van der Waals surface area contributed by atoms with Crippen LogP contribution in [0.4, 0.5) is 0 Å². The van der Waals surface area contributed by atoms with Gasteiger partial charge in [-0.1, -0.05) is 20.8 Å². The Morgan fingerprint density at radius 2 is 1.94 bits per heavy atom. The third-order valence-electron chi connectivity index (χ3n) is 2.04. The first-order chi connectivity index (χ1) is 7.56. The molecule has 0 radical (unpaired) electrons. The minimum absolute atomic E-state index is 0.0741. The predicted molar refractivity (Wildman–Crippen MR) is 63.2 cm³/mol. The van der Waals surface area contributed by atoms with Gasteiger partial charge in [0, 0.05) is 32.4 Å². The van der Waals surface area contributed by atoms with Crippen LogP contribution in [-0.4, -0.2) is 31.4 Å².